The maximum atomic E-state index is 6.55. The van der Waals surface area contributed by atoms with Crippen molar-refractivity contribution in [2.24, 2.45) is 0 Å². The zero-order chi connectivity index (χ0) is 33.0. The van der Waals surface area contributed by atoms with Gasteiger partial charge >= 0.3 is 0 Å². The van der Waals surface area contributed by atoms with Gasteiger partial charge in [-0.2, -0.15) is 0 Å². The van der Waals surface area contributed by atoms with Crippen molar-refractivity contribution in [2.45, 2.75) is 43.4 Å². The summed E-state index contributed by atoms with van der Waals surface area (Å²) in [4.78, 5) is 2.35. The molecule has 0 aliphatic carbocycles. The number of hydrogen-bond acceptors (Lipinski definition) is 11. The van der Waals surface area contributed by atoms with E-state index in [9.17, 15) is 0 Å². The third-order valence-electron chi connectivity index (χ3n) is 8.70. The molecule has 0 bridgehead atoms. The Morgan fingerprint density at radius 3 is 2.06 bits per heavy atom. The number of rotatable bonds is 8. The van der Waals surface area contributed by atoms with Crippen LogP contribution in [0.3, 0.4) is 0 Å². The van der Waals surface area contributed by atoms with Gasteiger partial charge in [-0.1, -0.05) is 54.6 Å². The Kier molecular flexibility index (Phi) is 12.9. The first-order chi connectivity index (χ1) is 23.7. The van der Waals surface area contributed by atoms with Crippen LogP contribution in [0.15, 0.2) is 78.9 Å². The van der Waals surface area contributed by atoms with E-state index in [0.717, 1.165) is 43.1 Å². The summed E-state index contributed by atoms with van der Waals surface area (Å²) in [6, 6.07) is 25.5. The molecule has 6 rings (SSSR count). The lowest BCUT2D eigenvalue weighted by Gasteiger charge is -2.48. The minimum Gasteiger partial charge on any atom is -0.493 e. The second-order valence-corrected chi connectivity index (χ2v) is 11.8. The van der Waals surface area contributed by atoms with E-state index >= 15 is 0 Å². The first-order valence-corrected chi connectivity index (χ1v) is 16.7. The lowest BCUT2D eigenvalue weighted by Crippen LogP contribution is -2.64. The predicted molar refractivity (Wildman–Crippen MR) is 177 cm³/mol. The molecule has 11 nitrogen and oxygen atoms in total. The number of benzene rings is 3. The lowest BCUT2D eigenvalue weighted by molar-refractivity contribution is -0.360. The number of ether oxygens (including phenoxy) is 10. The molecule has 11 heteroatoms. The highest BCUT2D eigenvalue weighted by atomic mass is 16.8. The zero-order valence-electron chi connectivity index (χ0n) is 27.8. The first kappa shape index (κ1) is 34.6. The summed E-state index contributed by atoms with van der Waals surface area (Å²) in [5.41, 5.74) is 2.10. The van der Waals surface area contributed by atoms with Gasteiger partial charge in [0.15, 0.2) is 17.8 Å². The average Bonchev–Trinajstić information content (AvgIpc) is 3.14. The van der Waals surface area contributed by atoms with Crippen LogP contribution in [0, 0.1) is 0 Å². The summed E-state index contributed by atoms with van der Waals surface area (Å²) in [5, 5.41) is 0. The second-order valence-electron chi connectivity index (χ2n) is 11.8. The van der Waals surface area contributed by atoms with Crippen LogP contribution in [0.2, 0.25) is 0 Å². The summed E-state index contributed by atoms with van der Waals surface area (Å²) < 4.78 is 61.5. The molecule has 0 saturated carbocycles. The van der Waals surface area contributed by atoms with Gasteiger partial charge < -0.3 is 47.4 Å². The Labute approximate surface area is 282 Å². The molecule has 0 N–H and O–H groups in total. The van der Waals surface area contributed by atoms with Crippen LogP contribution in [0.5, 0.6) is 17.2 Å². The Hall–Kier alpha value is -3.26. The minimum absolute atomic E-state index is 0.324. The Bertz CT molecular complexity index is 1360. The van der Waals surface area contributed by atoms with Gasteiger partial charge in [0.25, 0.3) is 0 Å². The Balaban J connectivity index is 1.11. The number of methoxy groups -OCH3 is 2. The molecule has 0 amide bonds. The van der Waals surface area contributed by atoms with E-state index in [1.165, 1.54) is 5.56 Å². The van der Waals surface area contributed by atoms with Gasteiger partial charge in [0.1, 0.15) is 30.2 Å². The Morgan fingerprint density at radius 2 is 1.35 bits per heavy atom. The molecule has 3 fully saturated rings. The standard InChI is InChI=1S/C37H47NO10/c1-39-30-14-13-27(25-31(30)40-2)15-16-38-17-19-41-21-23-43-34-33-32(26-45-36(48-33)28-9-5-3-6-10-28)47-37(46-29-11-7-4-8-12-29)35(34)44-24-22-42-20-18-38/h3-14,25,32-37H,15-24,26H2,1-2H3/t32-,33-,34+,35-,36-,37-/m1/s1. The number of hydrogen-bond donors (Lipinski definition) is 0. The molecule has 0 spiro atoms. The molecule has 3 aliphatic rings. The van der Waals surface area contributed by atoms with Gasteiger partial charge in [-0.25, -0.2) is 0 Å². The van der Waals surface area contributed by atoms with Crippen LogP contribution in [-0.4, -0.2) is 116 Å². The Morgan fingerprint density at radius 1 is 0.667 bits per heavy atom. The molecule has 6 atom stereocenters. The van der Waals surface area contributed by atoms with E-state index in [-0.39, 0.29) is 0 Å². The van der Waals surface area contributed by atoms with Gasteiger partial charge in [0.05, 0.1) is 60.5 Å². The normalized spacial score (nSPS) is 27.8. The topological polar surface area (TPSA) is 95.5 Å². The van der Waals surface area contributed by atoms with Crippen LogP contribution in [0.1, 0.15) is 17.4 Å². The molecule has 3 aromatic carbocycles. The predicted octanol–water partition coefficient (Wildman–Crippen LogP) is 4.28. The third-order valence-corrected chi connectivity index (χ3v) is 8.70. The molecule has 3 aliphatic heterocycles. The number of nitrogens with zero attached hydrogens (tertiary/aromatic N) is 1. The van der Waals surface area contributed by atoms with E-state index in [1.807, 2.05) is 72.8 Å². The minimum atomic E-state index is -0.747. The van der Waals surface area contributed by atoms with E-state index in [2.05, 4.69) is 11.0 Å². The van der Waals surface area contributed by atoms with Crippen molar-refractivity contribution in [3.8, 4) is 17.2 Å². The van der Waals surface area contributed by atoms with Gasteiger partial charge in [0.2, 0.25) is 6.29 Å². The molecule has 0 radical (unpaired) electrons. The molecule has 0 aromatic heterocycles. The zero-order valence-corrected chi connectivity index (χ0v) is 27.8. The smallest absolute Gasteiger partial charge is 0.229 e. The molecule has 260 valence electrons. The quantitative estimate of drug-likeness (QED) is 0.345. The fourth-order valence-corrected chi connectivity index (χ4v) is 6.16. The number of fused-ring (bicyclic) bond motifs is 3. The first-order valence-electron chi connectivity index (χ1n) is 16.7. The van der Waals surface area contributed by atoms with Crippen LogP contribution in [-0.2, 0) is 39.6 Å². The summed E-state index contributed by atoms with van der Waals surface area (Å²) in [5.74, 6) is 2.13. The van der Waals surface area contributed by atoms with Gasteiger partial charge in [-0.15, -0.1) is 0 Å². The number of para-hydroxylation sites is 1. The molecule has 3 aromatic rings. The molecule has 0 unspecified atom stereocenters. The highest BCUT2D eigenvalue weighted by Gasteiger charge is 2.52. The SMILES string of the molecule is COc1ccc(CCN2CCOCCO[C@@H]3[C@@H](OCCOCC2)[C@H](Oc2ccccc2)O[C@@H]2CO[C@@H](c4ccccc4)O[C@@H]32)cc1OC. The van der Waals surface area contributed by atoms with Crippen LogP contribution in [0.25, 0.3) is 0 Å². The largest absolute Gasteiger partial charge is 0.493 e. The molecule has 3 heterocycles. The average molecular weight is 666 g/mol. The highest BCUT2D eigenvalue weighted by molar-refractivity contribution is 5.43. The molecule has 48 heavy (non-hydrogen) atoms. The lowest BCUT2D eigenvalue weighted by atomic mass is 9.97. The van der Waals surface area contributed by atoms with E-state index in [1.54, 1.807) is 14.2 Å². The van der Waals surface area contributed by atoms with Crippen molar-refractivity contribution in [1.82, 2.24) is 4.90 Å². The van der Waals surface area contributed by atoms with Gasteiger partial charge in [0, 0.05) is 25.2 Å². The molecule has 3 saturated heterocycles. The fourth-order valence-electron chi connectivity index (χ4n) is 6.16. The summed E-state index contributed by atoms with van der Waals surface area (Å²) in [7, 11) is 3.30. The second kappa shape index (κ2) is 17.9. The summed E-state index contributed by atoms with van der Waals surface area (Å²) in [6.45, 7) is 5.35. The fraction of sp³-hybridized carbons (Fsp3) is 0.514. The van der Waals surface area contributed by atoms with Crippen molar-refractivity contribution in [3.05, 3.63) is 90.0 Å². The highest BCUT2D eigenvalue weighted by Crippen LogP contribution is 2.37. The van der Waals surface area contributed by atoms with Crippen molar-refractivity contribution in [1.29, 1.82) is 0 Å². The third kappa shape index (κ3) is 9.25. The molecular weight excluding hydrogens is 618 g/mol. The van der Waals surface area contributed by atoms with E-state index in [4.69, 9.17) is 47.4 Å². The molecular formula is C37H47NO10. The van der Waals surface area contributed by atoms with E-state index in [0.29, 0.717) is 52.0 Å². The van der Waals surface area contributed by atoms with Crippen molar-refractivity contribution >= 4 is 0 Å². The monoisotopic (exact) mass is 665 g/mol. The van der Waals surface area contributed by atoms with Crippen molar-refractivity contribution < 1.29 is 47.4 Å². The maximum Gasteiger partial charge on any atom is 0.229 e. The van der Waals surface area contributed by atoms with Gasteiger partial charge in [-0.3, -0.25) is 4.90 Å². The van der Waals surface area contributed by atoms with Crippen LogP contribution in [0.4, 0.5) is 0 Å². The summed E-state index contributed by atoms with van der Waals surface area (Å²) >= 11 is 0. The maximum absolute atomic E-state index is 6.55. The van der Waals surface area contributed by atoms with Crippen LogP contribution >= 0.6 is 0 Å². The van der Waals surface area contributed by atoms with Crippen molar-refractivity contribution in [2.75, 3.05) is 80.1 Å². The van der Waals surface area contributed by atoms with Gasteiger partial charge in [-0.05, 0) is 36.2 Å². The van der Waals surface area contributed by atoms with E-state index < -0.39 is 37.0 Å². The van der Waals surface area contributed by atoms with Crippen LogP contribution < -0.4 is 14.2 Å². The summed E-state index contributed by atoms with van der Waals surface area (Å²) in [6.07, 6.45) is -2.40. The van der Waals surface area contributed by atoms with Crippen molar-refractivity contribution in [3.63, 3.8) is 0 Å².